The van der Waals surface area contributed by atoms with E-state index in [1.807, 2.05) is 5.32 Å². The Hall–Kier alpha value is -2.28. The second-order valence-corrected chi connectivity index (χ2v) is 4.26. The van der Waals surface area contributed by atoms with Crippen LogP contribution in [0.2, 0.25) is 5.02 Å². The van der Waals surface area contributed by atoms with Crippen molar-refractivity contribution < 1.29 is 19.1 Å². The third-order valence-electron chi connectivity index (χ3n) is 2.35. The van der Waals surface area contributed by atoms with Gasteiger partial charge in [0.25, 0.3) is 5.91 Å². The number of rotatable bonds is 3. The molecule has 0 radical (unpaired) electrons. The molecule has 0 aliphatic rings. The predicted octanol–water partition coefficient (Wildman–Crippen LogP) is 0.923. The van der Waals surface area contributed by atoms with Crippen molar-refractivity contribution in [1.82, 2.24) is 10.6 Å². The van der Waals surface area contributed by atoms with Crippen LogP contribution in [0.15, 0.2) is 18.2 Å². The molecule has 108 valence electrons. The summed E-state index contributed by atoms with van der Waals surface area (Å²) in [6.45, 7) is 1.34. The Morgan fingerprint density at radius 3 is 2.55 bits per heavy atom. The number of nitrogens with two attached hydrogens (primary N) is 1. The number of amides is 3. The second kappa shape index (κ2) is 6.76. The summed E-state index contributed by atoms with van der Waals surface area (Å²) in [5.74, 6) is -1.48. The first-order valence-electron chi connectivity index (χ1n) is 5.63. The van der Waals surface area contributed by atoms with Crippen molar-refractivity contribution in [2.24, 2.45) is 0 Å². The standard InChI is InChI=1S/C12H14ClN3O4/c1-6(10(17)16-12(19)15-2)20-11(18)7-3-4-8(13)9(14)5-7/h3-6H,14H2,1-2H3,(H2,15,16,17,19). The highest BCUT2D eigenvalue weighted by Gasteiger charge is 2.20. The predicted molar refractivity (Wildman–Crippen MR) is 73.3 cm³/mol. The van der Waals surface area contributed by atoms with Gasteiger partial charge in [-0.25, -0.2) is 9.59 Å². The number of esters is 1. The fourth-order valence-corrected chi connectivity index (χ4v) is 1.35. The van der Waals surface area contributed by atoms with E-state index >= 15 is 0 Å². The molecular weight excluding hydrogens is 286 g/mol. The quantitative estimate of drug-likeness (QED) is 0.568. The lowest BCUT2D eigenvalue weighted by atomic mass is 10.2. The first kappa shape index (κ1) is 15.8. The van der Waals surface area contributed by atoms with Crippen LogP contribution in [0.4, 0.5) is 10.5 Å². The highest BCUT2D eigenvalue weighted by molar-refractivity contribution is 6.33. The van der Waals surface area contributed by atoms with Gasteiger partial charge in [-0.15, -0.1) is 0 Å². The van der Waals surface area contributed by atoms with Gasteiger partial charge in [0.2, 0.25) is 0 Å². The van der Waals surface area contributed by atoms with Crippen LogP contribution >= 0.6 is 11.6 Å². The fourth-order valence-electron chi connectivity index (χ4n) is 1.23. The molecule has 0 spiro atoms. The average Bonchev–Trinajstić information content (AvgIpc) is 2.41. The molecule has 7 nitrogen and oxygen atoms in total. The Morgan fingerprint density at radius 1 is 1.35 bits per heavy atom. The molecule has 1 aromatic rings. The van der Waals surface area contributed by atoms with Gasteiger partial charge in [-0.1, -0.05) is 11.6 Å². The Balaban J connectivity index is 2.67. The zero-order valence-corrected chi connectivity index (χ0v) is 11.7. The van der Waals surface area contributed by atoms with Crippen molar-refractivity contribution in [2.75, 3.05) is 12.8 Å². The van der Waals surface area contributed by atoms with Crippen LogP contribution in [0.1, 0.15) is 17.3 Å². The summed E-state index contributed by atoms with van der Waals surface area (Å²) in [5.41, 5.74) is 5.95. The number of halogens is 1. The molecule has 8 heteroatoms. The van der Waals surface area contributed by atoms with Gasteiger partial charge in [-0.3, -0.25) is 10.1 Å². The Kier molecular flexibility index (Phi) is 5.33. The average molecular weight is 300 g/mol. The highest BCUT2D eigenvalue weighted by Crippen LogP contribution is 2.20. The number of ether oxygens (including phenoxy) is 1. The third-order valence-corrected chi connectivity index (χ3v) is 2.69. The zero-order valence-electron chi connectivity index (χ0n) is 10.9. The lowest BCUT2D eigenvalue weighted by Gasteiger charge is -2.13. The van der Waals surface area contributed by atoms with E-state index in [1.54, 1.807) is 0 Å². The van der Waals surface area contributed by atoms with Crippen LogP contribution in [-0.2, 0) is 9.53 Å². The maximum atomic E-state index is 11.8. The minimum Gasteiger partial charge on any atom is -0.449 e. The van der Waals surface area contributed by atoms with Gasteiger partial charge < -0.3 is 15.8 Å². The molecule has 0 aliphatic heterocycles. The summed E-state index contributed by atoms with van der Waals surface area (Å²) in [6, 6.07) is 3.52. The molecule has 0 bridgehead atoms. The topological polar surface area (TPSA) is 111 Å². The van der Waals surface area contributed by atoms with Crippen molar-refractivity contribution in [3.63, 3.8) is 0 Å². The number of carbonyl (C=O) groups excluding carboxylic acids is 3. The van der Waals surface area contributed by atoms with Gasteiger partial charge in [0.1, 0.15) is 0 Å². The lowest BCUT2D eigenvalue weighted by molar-refractivity contribution is -0.127. The SMILES string of the molecule is CNC(=O)NC(=O)C(C)OC(=O)c1ccc(Cl)c(N)c1. The molecule has 20 heavy (non-hydrogen) atoms. The molecule has 0 heterocycles. The monoisotopic (exact) mass is 299 g/mol. The number of imide groups is 1. The first-order valence-corrected chi connectivity index (χ1v) is 6.01. The van der Waals surface area contributed by atoms with E-state index < -0.39 is 24.0 Å². The molecule has 0 fully saturated rings. The van der Waals surface area contributed by atoms with Crippen LogP contribution < -0.4 is 16.4 Å². The van der Waals surface area contributed by atoms with Gasteiger partial charge >= 0.3 is 12.0 Å². The number of hydrogen-bond acceptors (Lipinski definition) is 5. The van der Waals surface area contributed by atoms with E-state index in [-0.39, 0.29) is 11.3 Å². The summed E-state index contributed by atoms with van der Waals surface area (Å²) >= 11 is 5.73. The van der Waals surface area contributed by atoms with E-state index in [2.05, 4.69) is 5.32 Å². The van der Waals surface area contributed by atoms with Crippen molar-refractivity contribution in [3.8, 4) is 0 Å². The normalized spacial score (nSPS) is 11.3. The molecule has 1 atom stereocenters. The van der Waals surface area contributed by atoms with Gasteiger partial charge in [0.15, 0.2) is 6.10 Å². The maximum absolute atomic E-state index is 11.8. The van der Waals surface area contributed by atoms with Crippen LogP contribution in [0.3, 0.4) is 0 Å². The van der Waals surface area contributed by atoms with E-state index in [1.165, 1.54) is 32.2 Å². The third kappa shape index (κ3) is 4.13. The summed E-state index contributed by atoms with van der Waals surface area (Å²) in [6.07, 6.45) is -1.13. The smallest absolute Gasteiger partial charge is 0.338 e. The second-order valence-electron chi connectivity index (χ2n) is 3.85. The largest absolute Gasteiger partial charge is 0.449 e. The summed E-state index contributed by atoms with van der Waals surface area (Å²) < 4.78 is 4.91. The molecule has 0 aromatic heterocycles. The molecular formula is C12H14ClN3O4. The molecule has 1 unspecified atom stereocenters. The fraction of sp³-hybridized carbons (Fsp3) is 0.250. The molecule has 0 aliphatic carbocycles. The Labute approximate surface area is 120 Å². The minimum absolute atomic E-state index is 0.159. The molecule has 0 saturated carbocycles. The number of benzene rings is 1. The van der Waals surface area contributed by atoms with Crippen LogP contribution in [0, 0.1) is 0 Å². The molecule has 1 rings (SSSR count). The number of hydrogen-bond donors (Lipinski definition) is 3. The van der Waals surface area contributed by atoms with Gasteiger partial charge in [-0.05, 0) is 25.1 Å². The van der Waals surface area contributed by atoms with Crippen molar-refractivity contribution >= 4 is 35.2 Å². The van der Waals surface area contributed by atoms with E-state index in [0.717, 1.165) is 0 Å². The number of anilines is 1. The van der Waals surface area contributed by atoms with Gasteiger partial charge in [0.05, 0.1) is 16.3 Å². The zero-order chi connectivity index (χ0) is 15.3. The van der Waals surface area contributed by atoms with Crippen molar-refractivity contribution in [3.05, 3.63) is 28.8 Å². The maximum Gasteiger partial charge on any atom is 0.338 e. The Bertz CT molecular complexity index is 548. The highest BCUT2D eigenvalue weighted by atomic mass is 35.5. The lowest BCUT2D eigenvalue weighted by Crippen LogP contribution is -2.43. The minimum atomic E-state index is -1.13. The van der Waals surface area contributed by atoms with E-state index in [0.29, 0.717) is 5.02 Å². The van der Waals surface area contributed by atoms with Crippen LogP contribution in [0.25, 0.3) is 0 Å². The molecule has 3 amide bonds. The molecule has 4 N–H and O–H groups in total. The number of nitrogens with one attached hydrogen (secondary N) is 2. The Morgan fingerprint density at radius 2 is 2.00 bits per heavy atom. The first-order chi connectivity index (χ1) is 9.35. The van der Waals surface area contributed by atoms with E-state index in [9.17, 15) is 14.4 Å². The van der Waals surface area contributed by atoms with Gasteiger partial charge in [0, 0.05) is 7.05 Å². The number of nitrogen functional groups attached to an aromatic ring is 1. The van der Waals surface area contributed by atoms with Crippen molar-refractivity contribution in [1.29, 1.82) is 0 Å². The summed E-state index contributed by atoms with van der Waals surface area (Å²) in [4.78, 5) is 34.2. The van der Waals surface area contributed by atoms with E-state index in [4.69, 9.17) is 22.1 Å². The number of carbonyl (C=O) groups is 3. The van der Waals surface area contributed by atoms with Crippen LogP contribution in [0.5, 0.6) is 0 Å². The number of urea groups is 1. The van der Waals surface area contributed by atoms with Crippen molar-refractivity contribution in [2.45, 2.75) is 13.0 Å². The van der Waals surface area contributed by atoms with Gasteiger partial charge in [-0.2, -0.15) is 0 Å². The summed E-state index contributed by atoms with van der Waals surface area (Å²) in [5, 5.41) is 4.51. The molecule has 1 aromatic carbocycles. The summed E-state index contributed by atoms with van der Waals surface area (Å²) in [7, 11) is 1.36. The van der Waals surface area contributed by atoms with Crippen LogP contribution in [-0.4, -0.2) is 31.1 Å². The molecule has 0 saturated heterocycles.